The van der Waals surface area contributed by atoms with Crippen molar-refractivity contribution in [1.82, 2.24) is 9.80 Å². The van der Waals surface area contributed by atoms with E-state index in [1.807, 2.05) is 24.3 Å². The van der Waals surface area contributed by atoms with Crippen molar-refractivity contribution < 1.29 is 9.47 Å². The van der Waals surface area contributed by atoms with E-state index in [4.69, 9.17) is 9.47 Å². The van der Waals surface area contributed by atoms with Crippen molar-refractivity contribution in [3.05, 3.63) is 89.0 Å². The average molecular weight is 572 g/mol. The number of nitriles is 1. The molecule has 3 aromatic carbocycles. The fourth-order valence-electron chi connectivity index (χ4n) is 11.1. The molecule has 0 spiro atoms. The van der Waals surface area contributed by atoms with Crippen LogP contribution in [0.4, 0.5) is 0 Å². The number of methoxy groups -OCH3 is 1. The largest absolute Gasteiger partial charge is 0.493 e. The van der Waals surface area contributed by atoms with Crippen molar-refractivity contribution in [2.24, 2.45) is 23.2 Å². The lowest BCUT2D eigenvalue weighted by Gasteiger charge is -2.66. The van der Waals surface area contributed by atoms with Gasteiger partial charge in [-0.15, -0.1) is 0 Å². The Bertz CT molecular complexity index is 1610. The molecule has 4 bridgehead atoms. The summed E-state index contributed by atoms with van der Waals surface area (Å²) in [4.78, 5) is 5.79. The van der Waals surface area contributed by atoms with E-state index in [9.17, 15) is 5.26 Å². The number of piperidine rings is 1. The molecule has 6 atom stereocenters. The first kappa shape index (κ1) is 26.1. The van der Waals surface area contributed by atoms with Crippen LogP contribution in [-0.4, -0.2) is 48.6 Å². The van der Waals surface area contributed by atoms with Gasteiger partial charge in [-0.1, -0.05) is 42.5 Å². The van der Waals surface area contributed by atoms with E-state index in [0.717, 1.165) is 36.1 Å². The van der Waals surface area contributed by atoms with Crippen molar-refractivity contribution in [3.63, 3.8) is 0 Å². The molecule has 5 nitrogen and oxygen atoms in total. The molecule has 0 N–H and O–H groups in total. The highest BCUT2D eigenvalue weighted by Crippen LogP contribution is 2.77. The van der Waals surface area contributed by atoms with Gasteiger partial charge in [-0.2, -0.15) is 5.26 Å². The SMILES string of the molecule is COc1ccc2c(c1Oc1cccc(C#N)c1)C13CCN(CC4CC4)C(C2)C12CCC1C3[C@@H](CN1Cc1ccccc1)C2. The Balaban J connectivity index is 1.20. The van der Waals surface area contributed by atoms with Crippen LogP contribution in [-0.2, 0) is 18.4 Å². The summed E-state index contributed by atoms with van der Waals surface area (Å²) >= 11 is 0. The fourth-order valence-corrected chi connectivity index (χ4v) is 11.1. The Hall–Kier alpha value is -3.33. The fraction of sp³-hybridized carbons (Fsp3) is 0.500. The van der Waals surface area contributed by atoms with E-state index < -0.39 is 0 Å². The van der Waals surface area contributed by atoms with Crippen LogP contribution < -0.4 is 9.47 Å². The minimum absolute atomic E-state index is 0.0844. The predicted molar refractivity (Wildman–Crippen MR) is 166 cm³/mol. The van der Waals surface area contributed by atoms with Crippen molar-refractivity contribution in [2.45, 2.75) is 69.0 Å². The number of ether oxygens (including phenoxy) is 2. The number of fused-ring (bicyclic) bond motifs is 1. The van der Waals surface area contributed by atoms with E-state index in [1.165, 1.54) is 74.8 Å². The van der Waals surface area contributed by atoms with Crippen LogP contribution in [0.25, 0.3) is 0 Å². The van der Waals surface area contributed by atoms with E-state index in [-0.39, 0.29) is 10.8 Å². The van der Waals surface area contributed by atoms with E-state index in [1.54, 1.807) is 7.11 Å². The molecule has 6 aliphatic rings. The molecule has 3 saturated carbocycles. The first-order valence-corrected chi connectivity index (χ1v) is 16.5. The minimum Gasteiger partial charge on any atom is -0.493 e. The van der Waals surface area contributed by atoms with Crippen LogP contribution in [0.2, 0.25) is 0 Å². The second-order valence-corrected chi connectivity index (χ2v) is 14.4. The summed E-state index contributed by atoms with van der Waals surface area (Å²) in [7, 11) is 1.78. The molecule has 3 aromatic rings. The summed E-state index contributed by atoms with van der Waals surface area (Å²) in [5.74, 6) is 4.72. The molecular formula is C38H41N3O2. The van der Waals surface area contributed by atoms with Gasteiger partial charge in [0.1, 0.15) is 5.75 Å². The third-order valence-corrected chi connectivity index (χ3v) is 12.6. The second-order valence-electron chi connectivity index (χ2n) is 14.4. The van der Waals surface area contributed by atoms with Crippen molar-refractivity contribution in [2.75, 3.05) is 26.7 Å². The summed E-state index contributed by atoms with van der Waals surface area (Å²) in [6.45, 7) is 4.74. The van der Waals surface area contributed by atoms with Gasteiger partial charge in [-0.3, -0.25) is 9.80 Å². The standard InChI is InChI=1S/C38H41N3O2/c1-42-32-13-12-28-19-33-37-15-14-31-34(29(20-37)24-41(31)23-25-6-3-2-4-7-25)38(37,16-17-40(33)22-26-10-11-26)35(28)36(32)43-30-9-5-8-27(18-30)21-39/h2-9,12-13,18,26,29,31,33-34H,10-11,14-17,19-20,22-24H2,1H3/t29-,31?,33?,34?,37?,38?/m1/s1. The number of rotatable bonds is 7. The molecule has 5 unspecified atom stereocenters. The van der Waals surface area contributed by atoms with Gasteiger partial charge >= 0.3 is 0 Å². The van der Waals surface area contributed by atoms with E-state index in [0.29, 0.717) is 29.5 Å². The first-order valence-electron chi connectivity index (χ1n) is 16.5. The Kier molecular flexibility index (Phi) is 5.82. The van der Waals surface area contributed by atoms with Crippen LogP contribution in [0.3, 0.4) is 0 Å². The average Bonchev–Trinajstić information content (AvgIpc) is 3.75. The van der Waals surface area contributed by atoms with Crippen LogP contribution in [0.1, 0.15) is 60.8 Å². The van der Waals surface area contributed by atoms with Gasteiger partial charge < -0.3 is 9.47 Å². The van der Waals surface area contributed by atoms with Crippen molar-refractivity contribution >= 4 is 0 Å². The van der Waals surface area contributed by atoms with E-state index in [2.05, 4.69) is 58.3 Å². The molecule has 5 heteroatoms. The van der Waals surface area contributed by atoms with E-state index >= 15 is 0 Å². The van der Waals surface area contributed by atoms with Gasteiger partial charge in [-0.25, -0.2) is 0 Å². The van der Waals surface area contributed by atoms with Crippen LogP contribution >= 0.6 is 0 Å². The monoisotopic (exact) mass is 571 g/mol. The van der Waals surface area contributed by atoms with Gasteiger partial charge in [0.15, 0.2) is 11.5 Å². The first-order chi connectivity index (χ1) is 21.1. The number of benzene rings is 3. The zero-order valence-corrected chi connectivity index (χ0v) is 25.2. The van der Waals surface area contributed by atoms with Crippen molar-refractivity contribution in [1.29, 1.82) is 5.26 Å². The van der Waals surface area contributed by atoms with Gasteiger partial charge in [0.2, 0.25) is 0 Å². The molecule has 4 aliphatic carbocycles. The molecule has 0 aromatic heterocycles. The number of hydrogen-bond donors (Lipinski definition) is 0. The molecule has 0 radical (unpaired) electrons. The third-order valence-electron chi connectivity index (χ3n) is 12.6. The molecule has 220 valence electrons. The lowest BCUT2D eigenvalue weighted by molar-refractivity contribution is -0.106. The van der Waals surface area contributed by atoms with Gasteiger partial charge in [0, 0.05) is 42.7 Å². The molecule has 9 rings (SSSR count). The zero-order chi connectivity index (χ0) is 28.8. The maximum atomic E-state index is 9.62. The van der Waals surface area contributed by atoms with Crippen LogP contribution in [0.5, 0.6) is 17.2 Å². The molecule has 0 amide bonds. The molecule has 5 fully saturated rings. The Morgan fingerprint density at radius 3 is 2.67 bits per heavy atom. The Morgan fingerprint density at radius 2 is 1.86 bits per heavy atom. The summed E-state index contributed by atoms with van der Waals surface area (Å²) in [6.07, 6.45) is 9.10. The molecular weight excluding hydrogens is 530 g/mol. The summed E-state index contributed by atoms with van der Waals surface area (Å²) in [5.41, 5.74) is 5.35. The summed E-state index contributed by atoms with van der Waals surface area (Å²) in [6, 6.07) is 26.7. The Morgan fingerprint density at radius 1 is 0.977 bits per heavy atom. The summed E-state index contributed by atoms with van der Waals surface area (Å²) < 4.78 is 13.0. The Labute approximate surface area is 255 Å². The zero-order valence-electron chi connectivity index (χ0n) is 25.2. The second kappa shape index (κ2) is 9.58. The topological polar surface area (TPSA) is 48.7 Å². The highest BCUT2D eigenvalue weighted by molar-refractivity contribution is 5.61. The molecule has 2 heterocycles. The van der Waals surface area contributed by atoms with Gasteiger partial charge in [0.05, 0.1) is 18.7 Å². The lowest BCUT2D eigenvalue weighted by atomic mass is 9.43. The number of likely N-dealkylation sites (tertiary alicyclic amines) is 2. The molecule has 2 aliphatic heterocycles. The normalized spacial score (nSPS) is 33.9. The molecule has 43 heavy (non-hydrogen) atoms. The highest BCUT2D eigenvalue weighted by atomic mass is 16.5. The number of hydrogen-bond acceptors (Lipinski definition) is 5. The third kappa shape index (κ3) is 3.69. The number of nitrogens with zero attached hydrogens (tertiary/aromatic N) is 3. The smallest absolute Gasteiger partial charge is 0.173 e. The maximum absolute atomic E-state index is 9.62. The van der Waals surface area contributed by atoms with Crippen LogP contribution in [0, 0.1) is 34.5 Å². The van der Waals surface area contributed by atoms with Gasteiger partial charge in [-0.05, 0) is 110 Å². The summed E-state index contributed by atoms with van der Waals surface area (Å²) in [5, 5.41) is 9.62. The van der Waals surface area contributed by atoms with Crippen molar-refractivity contribution in [3.8, 4) is 23.3 Å². The minimum atomic E-state index is 0.0844. The quantitative estimate of drug-likeness (QED) is 0.308. The molecule has 2 saturated heterocycles. The highest BCUT2D eigenvalue weighted by Gasteiger charge is 2.76. The lowest BCUT2D eigenvalue weighted by Crippen LogP contribution is -2.69. The predicted octanol–water partition coefficient (Wildman–Crippen LogP) is 6.94. The maximum Gasteiger partial charge on any atom is 0.173 e. The van der Waals surface area contributed by atoms with Crippen LogP contribution in [0.15, 0.2) is 66.7 Å². The van der Waals surface area contributed by atoms with Gasteiger partial charge in [0.25, 0.3) is 0 Å².